The van der Waals surface area contributed by atoms with Gasteiger partial charge in [0.05, 0.1) is 12.6 Å². The van der Waals surface area contributed by atoms with Crippen molar-refractivity contribution in [1.82, 2.24) is 10.2 Å². The fraction of sp³-hybridized carbons (Fsp3) is 0.583. The van der Waals surface area contributed by atoms with Gasteiger partial charge in [-0.3, -0.25) is 10.1 Å². The average molecular weight is 274 g/mol. The Morgan fingerprint density at radius 3 is 2.72 bits per heavy atom. The van der Waals surface area contributed by atoms with Crippen LogP contribution >= 0.6 is 11.3 Å². The number of carbonyl (C=O) groups is 1. The number of thiophene rings is 1. The number of carbonyl (C=O) groups excluding carboxylic acids is 1. The molecule has 2 heterocycles. The van der Waals surface area contributed by atoms with Gasteiger partial charge < -0.3 is 4.90 Å². The number of rotatable bonds is 4. The first-order valence-corrected chi connectivity index (χ1v) is 6.76. The van der Waals surface area contributed by atoms with Gasteiger partial charge >= 0.3 is 0 Å². The molecule has 0 aliphatic carbocycles. The molecule has 0 radical (unpaired) electrons. The van der Waals surface area contributed by atoms with Gasteiger partial charge in [0.25, 0.3) is 6.43 Å². The fourth-order valence-electron chi connectivity index (χ4n) is 2.14. The minimum absolute atomic E-state index is 0.0858. The molecule has 1 aromatic heterocycles. The molecular formula is C12H16F2N2OS. The second-order valence-corrected chi connectivity index (χ2v) is 5.67. The Bertz CT molecular complexity index is 408. The van der Waals surface area contributed by atoms with Crippen molar-refractivity contribution in [3.63, 3.8) is 0 Å². The third-order valence-corrected chi connectivity index (χ3v) is 3.94. The van der Waals surface area contributed by atoms with E-state index in [9.17, 15) is 13.6 Å². The van der Waals surface area contributed by atoms with Gasteiger partial charge in [-0.2, -0.15) is 0 Å². The molecule has 0 aromatic carbocycles. The Morgan fingerprint density at radius 1 is 1.50 bits per heavy atom. The monoisotopic (exact) mass is 274 g/mol. The Kier molecular flexibility index (Phi) is 3.97. The van der Waals surface area contributed by atoms with Gasteiger partial charge in [-0.1, -0.05) is 19.9 Å². The van der Waals surface area contributed by atoms with Gasteiger partial charge in [0.2, 0.25) is 5.91 Å². The summed E-state index contributed by atoms with van der Waals surface area (Å²) in [6.07, 6.45) is -2.93. The van der Waals surface area contributed by atoms with Gasteiger partial charge in [0, 0.05) is 4.88 Å². The Balaban J connectivity index is 2.23. The average Bonchev–Trinajstić information content (AvgIpc) is 2.87. The summed E-state index contributed by atoms with van der Waals surface area (Å²) in [6.45, 7) is 3.30. The Hall–Kier alpha value is -1.01. The van der Waals surface area contributed by atoms with E-state index in [-0.39, 0.29) is 17.9 Å². The normalized spacial score (nSPS) is 24.6. The summed E-state index contributed by atoms with van der Waals surface area (Å²) in [5.41, 5.74) is 0. The lowest BCUT2D eigenvalue weighted by molar-refractivity contribution is -0.132. The minimum atomic E-state index is -2.51. The molecule has 0 spiro atoms. The van der Waals surface area contributed by atoms with Crippen LogP contribution < -0.4 is 5.32 Å². The van der Waals surface area contributed by atoms with Crippen LogP contribution in [-0.4, -0.2) is 29.8 Å². The van der Waals surface area contributed by atoms with E-state index in [2.05, 4.69) is 5.32 Å². The lowest BCUT2D eigenvalue weighted by atomic mass is 10.1. The van der Waals surface area contributed by atoms with Crippen LogP contribution in [0.25, 0.3) is 0 Å². The SMILES string of the molecule is CC(C)C1NC(c2cccs2)N(CC(F)F)C1=O. The number of nitrogens with one attached hydrogen (secondary N) is 1. The Morgan fingerprint density at radius 2 is 2.22 bits per heavy atom. The molecule has 0 saturated carbocycles. The largest absolute Gasteiger partial charge is 0.315 e. The first kappa shape index (κ1) is 13.4. The Labute approximate surface area is 109 Å². The fourth-order valence-corrected chi connectivity index (χ4v) is 2.94. The molecule has 2 atom stereocenters. The van der Waals surface area contributed by atoms with Crippen LogP contribution in [0, 0.1) is 5.92 Å². The number of halogens is 2. The lowest BCUT2D eigenvalue weighted by Gasteiger charge is -2.22. The summed E-state index contributed by atoms with van der Waals surface area (Å²) in [5, 5.41) is 5.03. The zero-order chi connectivity index (χ0) is 13.3. The molecule has 1 saturated heterocycles. The maximum Gasteiger partial charge on any atom is 0.255 e. The van der Waals surface area contributed by atoms with E-state index in [4.69, 9.17) is 0 Å². The highest BCUT2D eigenvalue weighted by Gasteiger charge is 2.42. The summed E-state index contributed by atoms with van der Waals surface area (Å²) in [5.74, 6) is -0.147. The molecule has 1 amide bonds. The molecule has 3 nitrogen and oxygen atoms in total. The van der Waals surface area contributed by atoms with Gasteiger partial charge in [-0.15, -0.1) is 11.3 Å². The third kappa shape index (κ3) is 2.54. The molecule has 100 valence electrons. The van der Waals surface area contributed by atoms with E-state index in [0.29, 0.717) is 0 Å². The van der Waals surface area contributed by atoms with Crippen LogP contribution in [-0.2, 0) is 4.79 Å². The molecule has 0 bridgehead atoms. The number of amides is 1. The van der Waals surface area contributed by atoms with E-state index in [1.54, 1.807) is 0 Å². The highest BCUT2D eigenvalue weighted by atomic mass is 32.1. The van der Waals surface area contributed by atoms with Crippen LogP contribution in [0.2, 0.25) is 0 Å². The summed E-state index contributed by atoms with van der Waals surface area (Å²) in [7, 11) is 0. The number of nitrogens with zero attached hydrogens (tertiary/aromatic N) is 1. The number of hydrogen-bond donors (Lipinski definition) is 1. The van der Waals surface area contributed by atoms with Crippen molar-refractivity contribution in [2.45, 2.75) is 32.5 Å². The van der Waals surface area contributed by atoms with Crippen LogP contribution in [0.5, 0.6) is 0 Å². The third-order valence-electron chi connectivity index (χ3n) is 3.01. The van der Waals surface area contributed by atoms with Crippen LogP contribution in [0.4, 0.5) is 8.78 Å². The molecule has 2 unspecified atom stereocenters. The van der Waals surface area contributed by atoms with Crippen molar-refractivity contribution in [1.29, 1.82) is 0 Å². The summed E-state index contributed by atoms with van der Waals surface area (Å²) in [4.78, 5) is 14.3. The number of hydrogen-bond acceptors (Lipinski definition) is 3. The molecule has 1 N–H and O–H groups in total. The van der Waals surface area contributed by atoms with Crippen LogP contribution in [0.1, 0.15) is 24.9 Å². The van der Waals surface area contributed by atoms with Gasteiger partial charge in [0.15, 0.2) is 0 Å². The highest BCUT2D eigenvalue weighted by Crippen LogP contribution is 2.31. The van der Waals surface area contributed by atoms with Gasteiger partial charge in [-0.05, 0) is 17.4 Å². The first-order chi connectivity index (χ1) is 8.50. The van der Waals surface area contributed by atoms with Crippen molar-refractivity contribution < 1.29 is 13.6 Å². The molecular weight excluding hydrogens is 258 g/mol. The molecule has 1 aliphatic rings. The predicted molar refractivity (Wildman–Crippen MR) is 66.5 cm³/mol. The molecule has 1 aromatic rings. The van der Waals surface area contributed by atoms with E-state index < -0.39 is 19.1 Å². The summed E-state index contributed by atoms with van der Waals surface area (Å²) in [6, 6.07) is 3.34. The highest BCUT2D eigenvalue weighted by molar-refractivity contribution is 7.10. The lowest BCUT2D eigenvalue weighted by Crippen LogP contribution is -2.36. The van der Waals surface area contributed by atoms with E-state index in [1.165, 1.54) is 16.2 Å². The van der Waals surface area contributed by atoms with E-state index in [1.807, 2.05) is 31.4 Å². The number of alkyl halides is 2. The van der Waals surface area contributed by atoms with Crippen molar-refractivity contribution in [2.24, 2.45) is 5.92 Å². The standard InChI is InChI=1S/C12H16F2N2OS/c1-7(2)10-12(17)16(6-9(13)14)11(15-10)8-4-3-5-18-8/h3-5,7,9-11,15H,6H2,1-2H3. The molecule has 6 heteroatoms. The van der Waals surface area contributed by atoms with E-state index in [0.717, 1.165) is 4.88 Å². The van der Waals surface area contributed by atoms with Crippen molar-refractivity contribution >= 4 is 17.2 Å². The van der Waals surface area contributed by atoms with Gasteiger partial charge in [-0.25, -0.2) is 8.78 Å². The van der Waals surface area contributed by atoms with Crippen molar-refractivity contribution in [3.05, 3.63) is 22.4 Å². The zero-order valence-electron chi connectivity index (χ0n) is 10.3. The maximum atomic E-state index is 12.6. The van der Waals surface area contributed by atoms with Crippen molar-refractivity contribution in [3.8, 4) is 0 Å². The smallest absolute Gasteiger partial charge is 0.255 e. The second-order valence-electron chi connectivity index (χ2n) is 4.69. The topological polar surface area (TPSA) is 32.3 Å². The van der Waals surface area contributed by atoms with E-state index >= 15 is 0 Å². The quantitative estimate of drug-likeness (QED) is 0.914. The summed E-state index contributed by atoms with van der Waals surface area (Å²) < 4.78 is 25.2. The second kappa shape index (κ2) is 5.32. The summed E-state index contributed by atoms with van der Waals surface area (Å²) >= 11 is 1.47. The molecule has 2 rings (SSSR count). The predicted octanol–water partition coefficient (Wildman–Crippen LogP) is 2.47. The minimum Gasteiger partial charge on any atom is -0.315 e. The molecule has 18 heavy (non-hydrogen) atoms. The van der Waals surface area contributed by atoms with Crippen LogP contribution in [0.15, 0.2) is 17.5 Å². The molecule has 1 fully saturated rings. The zero-order valence-corrected chi connectivity index (χ0v) is 11.1. The first-order valence-electron chi connectivity index (χ1n) is 5.88. The molecule has 1 aliphatic heterocycles. The van der Waals surface area contributed by atoms with Crippen LogP contribution in [0.3, 0.4) is 0 Å². The van der Waals surface area contributed by atoms with Crippen molar-refractivity contribution in [2.75, 3.05) is 6.54 Å². The van der Waals surface area contributed by atoms with Gasteiger partial charge in [0.1, 0.15) is 6.17 Å². The maximum absolute atomic E-state index is 12.6.